The third kappa shape index (κ3) is 4.69. The van der Waals surface area contributed by atoms with Gasteiger partial charge in [0, 0.05) is 38.8 Å². The minimum atomic E-state index is 0.136. The molecule has 138 valence electrons. The maximum Gasteiger partial charge on any atom is 0.248 e. The number of fused-ring (bicyclic) bond motifs is 1. The number of ether oxygens (including phenoxy) is 2. The molecule has 3 fully saturated rings. The molecule has 3 aliphatic heterocycles. The first-order chi connectivity index (χ1) is 11.6. The lowest BCUT2D eigenvalue weighted by atomic mass is 9.99. The molecule has 0 unspecified atom stereocenters. The first kappa shape index (κ1) is 18.1. The summed E-state index contributed by atoms with van der Waals surface area (Å²) in [5.41, 5.74) is 0. The standard InChI is InChI=1S/C18H33N3O3/c1-19(2)11-12-20-10-7-17-16(20)6-5-15(24-17)13-23-14-18(22)21-8-3-4-9-21/h15-17H,3-14H2,1-2H3/t15-,16+,17+/m1/s1. The number of hydrogen-bond donors (Lipinski definition) is 0. The Labute approximate surface area is 146 Å². The molecule has 3 rings (SSSR count). The van der Waals surface area contributed by atoms with Gasteiger partial charge in [0.25, 0.3) is 0 Å². The number of carbonyl (C=O) groups excluding carboxylic acids is 1. The van der Waals surface area contributed by atoms with Crippen molar-refractivity contribution in [1.82, 2.24) is 14.7 Å². The van der Waals surface area contributed by atoms with Crippen molar-refractivity contribution in [2.45, 2.75) is 50.4 Å². The molecule has 6 heteroatoms. The van der Waals surface area contributed by atoms with Gasteiger partial charge < -0.3 is 19.3 Å². The Morgan fingerprint density at radius 2 is 1.96 bits per heavy atom. The van der Waals surface area contributed by atoms with Crippen LogP contribution in [0.5, 0.6) is 0 Å². The lowest BCUT2D eigenvalue weighted by molar-refractivity contribution is -0.139. The Morgan fingerprint density at radius 1 is 1.17 bits per heavy atom. The number of likely N-dealkylation sites (N-methyl/N-ethyl adjacent to an activating group) is 1. The van der Waals surface area contributed by atoms with Crippen molar-refractivity contribution in [1.29, 1.82) is 0 Å². The highest BCUT2D eigenvalue weighted by Crippen LogP contribution is 2.31. The van der Waals surface area contributed by atoms with Crippen molar-refractivity contribution in [2.75, 3.05) is 60.0 Å². The number of likely N-dealkylation sites (tertiary alicyclic amines) is 2. The smallest absolute Gasteiger partial charge is 0.248 e. The fraction of sp³-hybridized carbons (Fsp3) is 0.944. The molecule has 3 saturated heterocycles. The normalized spacial score (nSPS) is 31.0. The van der Waals surface area contributed by atoms with Crippen molar-refractivity contribution >= 4 is 5.91 Å². The molecule has 3 atom stereocenters. The lowest BCUT2D eigenvalue weighted by Crippen LogP contribution is -2.45. The summed E-state index contributed by atoms with van der Waals surface area (Å²) in [6, 6.07) is 0.576. The molecular weight excluding hydrogens is 306 g/mol. The van der Waals surface area contributed by atoms with Crippen molar-refractivity contribution < 1.29 is 14.3 Å². The summed E-state index contributed by atoms with van der Waals surface area (Å²) in [4.78, 5) is 18.7. The Morgan fingerprint density at radius 3 is 2.71 bits per heavy atom. The van der Waals surface area contributed by atoms with E-state index in [9.17, 15) is 4.79 Å². The Bertz CT molecular complexity index is 412. The predicted molar refractivity (Wildman–Crippen MR) is 93.1 cm³/mol. The number of rotatable bonds is 7. The third-order valence-corrected chi connectivity index (χ3v) is 5.57. The highest BCUT2D eigenvalue weighted by molar-refractivity contribution is 5.77. The molecule has 3 heterocycles. The summed E-state index contributed by atoms with van der Waals surface area (Å²) in [6.07, 6.45) is 6.12. The van der Waals surface area contributed by atoms with Gasteiger partial charge in [0.1, 0.15) is 6.61 Å². The number of nitrogens with zero attached hydrogens (tertiary/aromatic N) is 3. The average Bonchev–Trinajstić information content (AvgIpc) is 3.22. The van der Waals surface area contributed by atoms with Crippen LogP contribution in [-0.2, 0) is 14.3 Å². The van der Waals surface area contributed by atoms with E-state index in [1.54, 1.807) is 0 Å². The van der Waals surface area contributed by atoms with E-state index >= 15 is 0 Å². The highest BCUT2D eigenvalue weighted by atomic mass is 16.5. The summed E-state index contributed by atoms with van der Waals surface area (Å²) in [6.45, 7) is 5.94. The number of hydrogen-bond acceptors (Lipinski definition) is 5. The van der Waals surface area contributed by atoms with Gasteiger partial charge in [-0.25, -0.2) is 0 Å². The van der Waals surface area contributed by atoms with Crippen LogP contribution in [0.15, 0.2) is 0 Å². The summed E-state index contributed by atoms with van der Waals surface area (Å²) in [5, 5.41) is 0. The van der Waals surface area contributed by atoms with E-state index in [0.717, 1.165) is 58.4 Å². The average molecular weight is 339 g/mol. The molecular formula is C18H33N3O3. The van der Waals surface area contributed by atoms with E-state index in [2.05, 4.69) is 23.9 Å². The third-order valence-electron chi connectivity index (χ3n) is 5.57. The molecule has 0 bridgehead atoms. The van der Waals surface area contributed by atoms with Crippen LogP contribution in [0.2, 0.25) is 0 Å². The molecule has 0 aromatic heterocycles. The van der Waals surface area contributed by atoms with Crippen LogP contribution in [0.25, 0.3) is 0 Å². The van der Waals surface area contributed by atoms with Crippen molar-refractivity contribution in [3.05, 3.63) is 0 Å². The molecule has 6 nitrogen and oxygen atoms in total. The van der Waals surface area contributed by atoms with E-state index in [-0.39, 0.29) is 18.6 Å². The summed E-state index contributed by atoms with van der Waals surface area (Å²) in [5.74, 6) is 0.136. The van der Waals surface area contributed by atoms with Gasteiger partial charge in [-0.2, -0.15) is 0 Å². The van der Waals surface area contributed by atoms with Crippen molar-refractivity contribution in [2.24, 2.45) is 0 Å². The molecule has 0 saturated carbocycles. The topological polar surface area (TPSA) is 45.3 Å². The van der Waals surface area contributed by atoms with Crippen LogP contribution in [0.1, 0.15) is 32.1 Å². The van der Waals surface area contributed by atoms with Gasteiger partial charge in [-0.1, -0.05) is 0 Å². The van der Waals surface area contributed by atoms with Crippen molar-refractivity contribution in [3.63, 3.8) is 0 Å². The molecule has 0 aromatic carbocycles. The Hall–Kier alpha value is -0.690. The van der Waals surface area contributed by atoms with Gasteiger partial charge in [0.05, 0.1) is 18.8 Å². The molecule has 0 aliphatic carbocycles. The van der Waals surface area contributed by atoms with Gasteiger partial charge in [-0.3, -0.25) is 9.69 Å². The first-order valence-corrected chi connectivity index (χ1v) is 9.53. The molecule has 1 amide bonds. The zero-order valence-corrected chi connectivity index (χ0v) is 15.3. The highest BCUT2D eigenvalue weighted by Gasteiger charge is 2.39. The quantitative estimate of drug-likeness (QED) is 0.687. The Kier molecular flexibility index (Phi) is 6.49. The molecule has 0 aromatic rings. The van der Waals surface area contributed by atoms with Gasteiger partial charge in [-0.05, 0) is 46.2 Å². The minimum absolute atomic E-state index is 0.136. The summed E-state index contributed by atoms with van der Waals surface area (Å²) < 4.78 is 11.9. The van der Waals surface area contributed by atoms with Crippen LogP contribution < -0.4 is 0 Å². The van der Waals surface area contributed by atoms with Crippen LogP contribution in [-0.4, -0.2) is 98.9 Å². The van der Waals surface area contributed by atoms with Gasteiger partial charge in [0.2, 0.25) is 5.91 Å². The largest absolute Gasteiger partial charge is 0.371 e. The SMILES string of the molecule is CN(C)CCN1CC[C@@H]2O[C@@H](COCC(=O)N3CCCC3)CC[C@@H]21. The van der Waals surface area contributed by atoms with E-state index in [0.29, 0.717) is 18.8 Å². The Balaban J connectivity index is 1.35. The van der Waals surface area contributed by atoms with Crippen LogP contribution in [0.4, 0.5) is 0 Å². The molecule has 0 radical (unpaired) electrons. The van der Waals surface area contributed by atoms with Crippen molar-refractivity contribution in [3.8, 4) is 0 Å². The minimum Gasteiger partial charge on any atom is -0.371 e. The van der Waals surface area contributed by atoms with Crippen LogP contribution in [0.3, 0.4) is 0 Å². The molecule has 3 aliphatic rings. The fourth-order valence-electron chi connectivity index (χ4n) is 4.15. The lowest BCUT2D eigenvalue weighted by Gasteiger charge is -2.36. The number of carbonyl (C=O) groups is 1. The second kappa shape index (κ2) is 8.61. The van der Waals surface area contributed by atoms with E-state index in [1.807, 2.05) is 4.90 Å². The monoisotopic (exact) mass is 339 g/mol. The zero-order valence-electron chi connectivity index (χ0n) is 15.3. The second-order valence-corrected chi connectivity index (χ2v) is 7.67. The molecule has 0 spiro atoms. The maximum atomic E-state index is 12.0. The predicted octanol–water partition coefficient (Wildman–Crippen LogP) is 0.809. The summed E-state index contributed by atoms with van der Waals surface area (Å²) in [7, 11) is 4.25. The molecule has 24 heavy (non-hydrogen) atoms. The first-order valence-electron chi connectivity index (χ1n) is 9.53. The zero-order chi connectivity index (χ0) is 16.9. The van der Waals surface area contributed by atoms with Crippen LogP contribution in [0, 0.1) is 0 Å². The van der Waals surface area contributed by atoms with Gasteiger partial charge in [0.15, 0.2) is 0 Å². The van der Waals surface area contributed by atoms with Crippen LogP contribution >= 0.6 is 0 Å². The maximum absolute atomic E-state index is 12.0. The van der Waals surface area contributed by atoms with E-state index < -0.39 is 0 Å². The van der Waals surface area contributed by atoms with E-state index in [4.69, 9.17) is 9.47 Å². The summed E-state index contributed by atoms with van der Waals surface area (Å²) >= 11 is 0. The van der Waals surface area contributed by atoms with Gasteiger partial charge >= 0.3 is 0 Å². The van der Waals surface area contributed by atoms with Gasteiger partial charge in [-0.15, -0.1) is 0 Å². The number of amides is 1. The fourth-order valence-corrected chi connectivity index (χ4v) is 4.15. The molecule has 0 N–H and O–H groups in total. The second-order valence-electron chi connectivity index (χ2n) is 7.67. The van der Waals surface area contributed by atoms with E-state index in [1.165, 1.54) is 6.42 Å².